The Kier molecular flexibility index (Phi) is 7.53. The van der Waals surface area contributed by atoms with Crippen molar-refractivity contribution in [2.75, 3.05) is 20.3 Å². The van der Waals surface area contributed by atoms with Crippen molar-refractivity contribution in [1.82, 2.24) is 10.6 Å². The Hall–Kier alpha value is -3.62. The third-order valence-electron chi connectivity index (χ3n) is 4.08. The third kappa shape index (κ3) is 5.93. The van der Waals surface area contributed by atoms with E-state index in [1.54, 1.807) is 25.1 Å². The van der Waals surface area contributed by atoms with Crippen LogP contribution in [0.15, 0.2) is 36.4 Å². The normalized spacial score (nSPS) is 10.2. The van der Waals surface area contributed by atoms with Gasteiger partial charge >= 0.3 is 0 Å². The van der Waals surface area contributed by atoms with Crippen LogP contribution in [0.3, 0.4) is 0 Å². The molecule has 154 valence electrons. The van der Waals surface area contributed by atoms with Crippen LogP contribution >= 0.6 is 0 Å². The van der Waals surface area contributed by atoms with Gasteiger partial charge in [-0.15, -0.1) is 0 Å². The number of nitrogens with one attached hydrogen (secondary N) is 2. The number of aryl methyl sites for hydroxylation is 1. The van der Waals surface area contributed by atoms with Crippen LogP contribution in [-0.2, 0) is 11.3 Å². The van der Waals surface area contributed by atoms with E-state index in [1.165, 1.54) is 25.3 Å². The summed E-state index contributed by atoms with van der Waals surface area (Å²) in [6.45, 7) is 4.00. The van der Waals surface area contributed by atoms with Gasteiger partial charge in [0.1, 0.15) is 0 Å². The van der Waals surface area contributed by atoms with Crippen molar-refractivity contribution in [1.29, 1.82) is 0 Å². The minimum Gasteiger partial charge on any atom is -0.493 e. The number of rotatable bonds is 9. The summed E-state index contributed by atoms with van der Waals surface area (Å²) in [6.07, 6.45) is 0. The fourth-order valence-corrected chi connectivity index (χ4v) is 2.56. The molecular formula is C20H23N3O6. The number of hydrogen-bond donors (Lipinski definition) is 2. The van der Waals surface area contributed by atoms with Gasteiger partial charge in [0.05, 0.1) is 12.0 Å². The lowest BCUT2D eigenvalue weighted by atomic mass is 10.1. The van der Waals surface area contributed by atoms with E-state index in [2.05, 4.69) is 10.6 Å². The lowest BCUT2D eigenvalue weighted by Gasteiger charge is -2.12. The van der Waals surface area contributed by atoms with Gasteiger partial charge in [0.25, 0.3) is 17.5 Å². The van der Waals surface area contributed by atoms with Crippen LogP contribution in [0.2, 0.25) is 0 Å². The molecule has 0 unspecified atom stereocenters. The highest BCUT2D eigenvalue weighted by Gasteiger charge is 2.15. The Labute approximate surface area is 168 Å². The van der Waals surface area contributed by atoms with Crippen LogP contribution in [0.4, 0.5) is 5.69 Å². The molecule has 0 aromatic heterocycles. The molecule has 2 amide bonds. The zero-order valence-electron chi connectivity index (χ0n) is 16.5. The summed E-state index contributed by atoms with van der Waals surface area (Å²) in [5.74, 6) is 0.164. The van der Waals surface area contributed by atoms with E-state index in [-0.39, 0.29) is 30.3 Å². The van der Waals surface area contributed by atoms with E-state index in [0.717, 1.165) is 5.56 Å². The van der Waals surface area contributed by atoms with Gasteiger partial charge in [-0.1, -0.05) is 12.1 Å². The van der Waals surface area contributed by atoms with Crippen molar-refractivity contribution in [2.45, 2.75) is 20.4 Å². The summed E-state index contributed by atoms with van der Waals surface area (Å²) in [7, 11) is 1.47. The number of nitro groups is 1. The second kappa shape index (κ2) is 10.1. The maximum atomic E-state index is 12.3. The Morgan fingerprint density at radius 3 is 2.52 bits per heavy atom. The van der Waals surface area contributed by atoms with Crippen molar-refractivity contribution in [3.63, 3.8) is 0 Å². The van der Waals surface area contributed by atoms with Crippen molar-refractivity contribution in [2.24, 2.45) is 0 Å². The molecule has 0 saturated heterocycles. The molecule has 0 radical (unpaired) electrons. The fraction of sp³-hybridized carbons (Fsp3) is 0.300. The molecule has 2 rings (SSSR count). The molecule has 0 atom stereocenters. The maximum Gasteiger partial charge on any atom is 0.273 e. The molecule has 29 heavy (non-hydrogen) atoms. The Morgan fingerprint density at radius 1 is 1.10 bits per heavy atom. The zero-order valence-corrected chi connectivity index (χ0v) is 16.5. The quantitative estimate of drug-likeness (QED) is 0.492. The van der Waals surface area contributed by atoms with Crippen LogP contribution < -0.4 is 20.1 Å². The number of ether oxygens (including phenoxy) is 2. The van der Waals surface area contributed by atoms with Gasteiger partial charge in [0.2, 0.25) is 0 Å². The predicted octanol–water partition coefficient (Wildman–Crippen LogP) is 2.36. The molecule has 0 bridgehead atoms. The van der Waals surface area contributed by atoms with Gasteiger partial charge in [-0.25, -0.2) is 0 Å². The van der Waals surface area contributed by atoms with Crippen LogP contribution in [0, 0.1) is 17.0 Å². The second-order valence-electron chi connectivity index (χ2n) is 6.17. The monoisotopic (exact) mass is 401 g/mol. The van der Waals surface area contributed by atoms with Crippen molar-refractivity contribution in [3.8, 4) is 11.5 Å². The maximum absolute atomic E-state index is 12.3. The summed E-state index contributed by atoms with van der Waals surface area (Å²) in [5.41, 5.74) is 1.32. The topological polar surface area (TPSA) is 120 Å². The first-order valence-electron chi connectivity index (χ1n) is 8.95. The largest absolute Gasteiger partial charge is 0.493 e. The van der Waals surface area contributed by atoms with Crippen LogP contribution in [0.5, 0.6) is 11.5 Å². The smallest absolute Gasteiger partial charge is 0.273 e. The van der Waals surface area contributed by atoms with Gasteiger partial charge in [-0.3, -0.25) is 19.7 Å². The highest BCUT2D eigenvalue weighted by Crippen LogP contribution is 2.28. The average molecular weight is 401 g/mol. The van der Waals surface area contributed by atoms with Crippen molar-refractivity contribution >= 4 is 17.5 Å². The molecule has 2 aromatic carbocycles. The van der Waals surface area contributed by atoms with Gasteiger partial charge in [-0.05, 0) is 37.6 Å². The highest BCUT2D eigenvalue weighted by molar-refractivity contribution is 5.94. The molecule has 0 saturated carbocycles. The molecule has 0 fully saturated rings. The Bertz CT molecular complexity index is 913. The lowest BCUT2D eigenvalue weighted by molar-refractivity contribution is -0.385. The first kappa shape index (κ1) is 21.7. The van der Waals surface area contributed by atoms with Crippen molar-refractivity contribution in [3.05, 3.63) is 63.2 Å². The molecule has 0 aliphatic rings. The fourth-order valence-electron chi connectivity index (χ4n) is 2.56. The molecule has 0 spiro atoms. The number of nitrogens with zero attached hydrogens (tertiary/aromatic N) is 1. The molecule has 9 nitrogen and oxygen atoms in total. The molecule has 0 aliphatic carbocycles. The second-order valence-corrected chi connectivity index (χ2v) is 6.17. The minimum atomic E-state index is -0.517. The SMILES string of the molecule is CCNC(=O)COc1ccc(CNC(=O)c2ccc(C)c([N+](=O)[O-])c2)cc1OC. The Morgan fingerprint density at radius 2 is 1.86 bits per heavy atom. The number of hydrogen-bond acceptors (Lipinski definition) is 6. The first-order valence-corrected chi connectivity index (χ1v) is 8.95. The summed E-state index contributed by atoms with van der Waals surface area (Å²) < 4.78 is 10.7. The number of methoxy groups -OCH3 is 1. The average Bonchev–Trinajstić information content (AvgIpc) is 2.71. The highest BCUT2D eigenvalue weighted by atomic mass is 16.6. The van der Waals surface area contributed by atoms with Crippen LogP contribution in [0.1, 0.15) is 28.4 Å². The van der Waals surface area contributed by atoms with E-state index in [0.29, 0.717) is 23.6 Å². The number of amides is 2. The van der Waals surface area contributed by atoms with Gasteiger partial charge in [0.15, 0.2) is 18.1 Å². The van der Waals surface area contributed by atoms with Crippen LogP contribution in [0.25, 0.3) is 0 Å². The summed E-state index contributed by atoms with van der Waals surface area (Å²) >= 11 is 0. The molecule has 2 N–H and O–H groups in total. The first-order chi connectivity index (χ1) is 13.8. The molecular weight excluding hydrogens is 378 g/mol. The Balaban J connectivity index is 2.03. The number of nitro benzene ring substituents is 1. The summed E-state index contributed by atoms with van der Waals surface area (Å²) in [4.78, 5) is 34.4. The van der Waals surface area contributed by atoms with E-state index in [1.807, 2.05) is 6.92 Å². The summed E-state index contributed by atoms with van der Waals surface area (Å²) in [6, 6.07) is 9.39. The van der Waals surface area contributed by atoms with Gasteiger partial charge in [-0.2, -0.15) is 0 Å². The summed E-state index contributed by atoms with van der Waals surface area (Å²) in [5, 5.41) is 16.4. The van der Waals surface area contributed by atoms with E-state index >= 15 is 0 Å². The lowest BCUT2D eigenvalue weighted by Crippen LogP contribution is -2.28. The number of benzene rings is 2. The van der Waals surface area contributed by atoms with E-state index in [4.69, 9.17) is 9.47 Å². The minimum absolute atomic E-state index is 0.104. The number of carbonyl (C=O) groups excluding carboxylic acids is 2. The van der Waals surface area contributed by atoms with Crippen molar-refractivity contribution < 1.29 is 24.0 Å². The van der Waals surface area contributed by atoms with Crippen LogP contribution in [-0.4, -0.2) is 37.0 Å². The standard InChI is InChI=1S/C20H23N3O6/c1-4-21-19(24)12-29-17-8-6-14(9-18(17)28-3)11-22-20(25)15-7-5-13(2)16(10-15)23(26)27/h5-10H,4,11-12H2,1-3H3,(H,21,24)(H,22,25). The molecule has 0 heterocycles. The molecule has 9 heteroatoms. The van der Waals surface area contributed by atoms with Gasteiger partial charge < -0.3 is 20.1 Å². The zero-order chi connectivity index (χ0) is 21.4. The van der Waals surface area contributed by atoms with E-state index in [9.17, 15) is 19.7 Å². The number of likely N-dealkylation sites (N-methyl/N-ethyl adjacent to an activating group) is 1. The third-order valence-corrected chi connectivity index (χ3v) is 4.08. The molecule has 2 aromatic rings. The van der Waals surface area contributed by atoms with E-state index < -0.39 is 10.8 Å². The van der Waals surface area contributed by atoms with Gasteiger partial charge in [0, 0.05) is 30.3 Å². The predicted molar refractivity (Wildman–Crippen MR) is 106 cm³/mol. The molecule has 0 aliphatic heterocycles. The number of carbonyl (C=O) groups is 2.